The molecule has 21 heavy (non-hydrogen) atoms. The summed E-state index contributed by atoms with van der Waals surface area (Å²) in [5.74, 6) is 1.12. The van der Waals surface area contributed by atoms with Crippen LogP contribution in [0.3, 0.4) is 0 Å². The summed E-state index contributed by atoms with van der Waals surface area (Å²) >= 11 is 6.25. The SMILES string of the molecule is CCCn1cncc1COc1c(Cl)cc(CN)cc1OC. The van der Waals surface area contributed by atoms with Crippen molar-refractivity contribution in [1.29, 1.82) is 0 Å². The van der Waals surface area contributed by atoms with E-state index in [9.17, 15) is 0 Å². The highest BCUT2D eigenvalue weighted by Gasteiger charge is 2.13. The molecule has 5 nitrogen and oxygen atoms in total. The van der Waals surface area contributed by atoms with Crippen molar-refractivity contribution in [3.05, 3.63) is 40.9 Å². The number of nitrogens with zero attached hydrogens (tertiary/aromatic N) is 2. The van der Waals surface area contributed by atoms with Gasteiger partial charge in [0, 0.05) is 13.1 Å². The Labute approximate surface area is 129 Å². The highest BCUT2D eigenvalue weighted by Crippen LogP contribution is 2.36. The third-order valence-corrected chi connectivity index (χ3v) is 3.43. The van der Waals surface area contributed by atoms with Crippen LogP contribution >= 0.6 is 11.6 Å². The Bertz CT molecular complexity index is 599. The lowest BCUT2D eigenvalue weighted by Gasteiger charge is -2.14. The maximum atomic E-state index is 6.25. The van der Waals surface area contributed by atoms with E-state index in [-0.39, 0.29) is 0 Å². The first-order valence-electron chi connectivity index (χ1n) is 6.87. The molecule has 1 aromatic heterocycles. The average Bonchev–Trinajstić information content (AvgIpc) is 2.93. The standard InChI is InChI=1S/C15H20ClN3O2/c1-3-4-19-10-18-8-12(19)9-21-15-13(16)5-11(7-17)6-14(15)20-2/h5-6,8,10H,3-4,7,9,17H2,1-2H3. The van der Waals surface area contributed by atoms with Crippen molar-refractivity contribution in [3.63, 3.8) is 0 Å². The Morgan fingerprint density at radius 2 is 2.19 bits per heavy atom. The zero-order chi connectivity index (χ0) is 15.2. The number of imidazole rings is 1. The number of benzene rings is 1. The number of aryl methyl sites for hydroxylation is 1. The number of aromatic nitrogens is 2. The highest BCUT2D eigenvalue weighted by atomic mass is 35.5. The maximum Gasteiger partial charge on any atom is 0.180 e. The van der Waals surface area contributed by atoms with Gasteiger partial charge in [-0.1, -0.05) is 18.5 Å². The van der Waals surface area contributed by atoms with Gasteiger partial charge in [-0.2, -0.15) is 0 Å². The lowest BCUT2D eigenvalue weighted by molar-refractivity contribution is 0.275. The van der Waals surface area contributed by atoms with Crippen molar-refractivity contribution < 1.29 is 9.47 Å². The van der Waals surface area contributed by atoms with E-state index in [1.165, 1.54) is 0 Å². The fourth-order valence-electron chi connectivity index (χ4n) is 2.09. The van der Waals surface area contributed by atoms with Crippen molar-refractivity contribution in [3.8, 4) is 11.5 Å². The molecule has 0 aliphatic rings. The maximum absolute atomic E-state index is 6.25. The van der Waals surface area contributed by atoms with Gasteiger partial charge in [0.25, 0.3) is 0 Å². The first kappa shape index (κ1) is 15.7. The van der Waals surface area contributed by atoms with E-state index >= 15 is 0 Å². The van der Waals surface area contributed by atoms with Crippen LogP contribution in [0.25, 0.3) is 0 Å². The van der Waals surface area contributed by atoms with Crippen LogP contribution in [0.2, 0.25) is 5.02 Å². The summed E-state index contributed by atoms with van der Waals surface area (Å²) in [4.78, 5) is 4.15. The van der Waals surface area contributed by atoms with Gasteiger partial charge in [0.05, 0.1) is 30.4 Å². The van der Waals surface area contributed by atoms with E-state index in [1.54, 1.807) is 25.7 Å². The third kappa shape index (κ3) is 3.68. The van der Waals surface area contributed by atoms with E-state index < -0.39 is 0 Å². The monoisotopic (exact) mass is 309 g/mol. The second-order valence-corrected chi connectivity index (χ2v) is 5.09. The van der Waals surface area contributed by atoms with Crippen LogP contribution in [-0.2, 0) is 19.7 Å². The van der Waals surface area contributed by atoms with Crippen LogP contribution in [0.15, 0.2) is 24.7 Å². The van der Waals surface area contributed by atoms with Gasteiger partial charge in [-0.3, -0.25) is 0 Å². The Balaban J connectivity index is 2.17. The number of methoxy groups -OCH3 is 1. The molecule has 2 N–H and O–H groups in total. The summed E-state index contributed by atoms with van der Waals surface area (Å²) in [6.07, 6.45) is 4.64. The molecule has 2 rings (SSSR count). The summed E-state index contributed by atoms with van der Waals surface area (Å²) in [5, 5.41) is 0.497. The van der Waals surface area contributed by atoms with Crippen LogP contribution in [0, 0.1) is 0 Å². The normalized spacial score (nSPS) is 10.7. The first-order valence-corrected chi connectivity index (χ1v) is 7.25. The largest absolute Gasteiger partial charge is 0.493 e. The predicted octanol–water partition coefficient (Wildman–Crippen LogP) is 2.99. The van der Waals surface area contributed by atoms with Crippen LogP contribution in [-0.4, -0.2) is 16.7 Å². The first-order chi connectivity index (χ1) is 10.2. The average molecular weight is 310 g/mol. The van der Waals surface area contributed by atoms with Gasteiger partial charge < -0.3 is 19.8 Å². The molecule has 0 bridgehead atoms. The third-order valence-electron chi connectivity index (χ3n) is 3.15. The van der Waals surface area contributed by atoms with Gasteiger partial charge in [-0.25, -0.2) is 4.98 Å². The van der Waals surface area contributed by atoms with Crippen LogP contribution in [0.4, 0.5) is 0 Å². The molecule has 6 heteroatoms. The molecule has 1 heterocycles. The van der Waals surface area contributed by atoms with Crippen molar-refractivity contribution >= 4 is 11.6 Å². The van der Waals surface area contributed by atoms with Gasteiger partial charge in [-0.05, 0) is 24.1 Å². The van der Waals surface area contributed by atoms with Gasteiger partial charge in [0.1, 0.15) is 6.61 Å². The minimum atomic E-state index is 0.387. The molecule has 1 aromatic carbocycles. The second-order valence-electron chi connectivity index (χ2n) is 4.68. The summed E-state index contributed by atoms with van der Waals surface area (Å²) in [5.41, 5.74) is 7.53. The van der Waals surface area contributed by atoms with E-state index in [0.717, 1.165) is 24.2 Å². The molecule has 0 saturated carbocycles. The Morgan fingerprint density at radius 3 is 2.86 bits per heavy atom. The summed E-state index contributed by atoms with van der Waals surface area (Å²) in [6.45, 7) is 3.82. The molecule has 0 spiro atoms. The van der Waals surface area contributed by atoms with Crippen molar-refractivity contribution in [2.75, 3.05) is 7.11 Å². The number of nitrogens with two attached hydrogens (primary N) is 1. The molecule has 2 aromatic rings. The minimum absolute atomic E-state index is 0.387. The van der Waals surface area contributed by atoms with Gasteiger partial charge in [0.15, 0.2) is 11.5 Å². The number of halogens is 1. The Hall–Kier alpha value is -1.72. The molecule has 114 valence electrons. The number of rotatable bonds is 7. The Morgan fingerprint density at radius 1 is 1.38 bits per heavy atom. The van der Waals surface area contributed by atoms with Crippen molar-refractivity contribution in [2.24, 2.45) is 5.73 Å². The molecular formula is C15H20ClN3O2. The lowest BCUT2D eigenvalue weighted by Crippen LogP contribution is -2.06. The summed E-state index contributed by atoms with van der Waals surface area (Å²) < 4.78 is 13.2. The quantitative estimate of drug-likeness (QED) is 0.854. The van der Waals surface area contributed by atoms with Gasteiger partial charge in [-0.15, -0.1) is 0 Å². The van der Waals surface area contributed by atoms with E-state index in [0.29, 0.717) is 29.7 Å². The smallest absolute Gasteiger partial charge is 0.180 e. The number of ether oxygens (including phenoxy) is 2. The summed E-state index contributed by atoms with van der Waals surface area (Å²) in [6, 6.07) is 3.63. The Kier molecular flexibility index (Phi) is 5.47. The number of hydrogen-bond donors (Lipinski definition) is 1. The fourth-order valence-corrected chi connectivity index (χ4v) is 2.38. The minimum Gasteiger partial charge on any atom is -0.493 e. The van der Waals surface area contributed by atoms with Gasteiger partial charge in [0.2, 0.25) is 0 Å². The molecule has 0 aliphatic carbocycles. The molecule has 0 unspecified atom stereocenters. The molecule has 0 aliphatic heterocycles. The predicted molar refractivity (Wildman–Crippen MR) is 82.7 cm³/mol. The molecule has 0 saturated heterocycles. The van der Waals surface area contributed by atoms with E-state index in [2.05, 4.69) is 16.5 Å². The second kappa shape index (κ2) is 7.33. The topological polar surface area (TPSA) is 62.3 Å². The van der Waals surface area contributed by atoms with E-state index in [4.69, 9.17) is 26.8 Å². The zero-order valence-electron chi connectivity index (χ0n) is 12.3. The van der Waals surface area contributed by atoms with Gasteiger partial charge >= 0.3 is 0 Å². The van der Waals surface area contributed by atoms with E-state index in [1.807, 2.05) is 6.07 Å². The molecule has 0 radical (unpaired) electrons. The summed E-state index contributed by atoms with van der Waals surface area (Å²) in [7, 11) is 1.58. The van der Waals surface area contributed by atoms with Crippen molar-refractivity contribution in [1.82, 2.24) is 9.55 Å². The van der Waals surface area contributed by atoms with Crippen LogP contribution < -0.4 is 15.2 Å². The lowest BCUT2D eigenvalue weighted by atomic mass is 10.2. The molecule has 0 fully saturated rings. The van der Waals surface area contributed by atoms with Crippen LogP contribution in [0.5, 0.6) is 11.5 Å². The van der Waals surface area contributed by atoms with Crippen LogP contribution in [0.1, 0.15) is 24.6 Å². The zero-order valence-corrected chi connectivity index (χ0v) is 13.1. The van der Waals surface area contributed by atoms with Crippen molar-refractivity contribution in [2.45, 2.75) is 33.0 Å². The molecule has 0 atom stereocenters. The molecule has 0 amide bonds. The number of hydrogen-bond acceptors (Lipinski definition) is 4. The molecular weight excluding hydrogens is 290 g/mol. The fraction of sp³-hybridized carbons (Fsp3) is 0.400. The highest BCUT2D eigenvalue weighted by molar-refractivity contribution is 6.32.